The Balaban J connectivity index is 1.75. The number of carbonyl (C=O) groups excluding carboxylic acids is 1. The lowest BCUT2D eigenvalue weighted by Crippen LogP contribution is -2.55. The summed E-state index contributed by atoms with van der Waals surface area (Å²) in [5.74, 6) is -0.242. The smallest absolute Gasteiger partial charge is 0.234 e. The molecular weight excluding hydrogens is 228 g/mol. The van der Waals surface area contributed by atoms with E-state index in [-0.39, 0.29) is 11.9 Å². The van der Waals surface area contributed by atoms with Gasteiger partial charge in [-0.3, -0.25) is 9.69 Å². The number of piperidine rings is 1. The molecule has 5 nitrogen and oxygen atoms in total. The molecule has 2 unspecified atom stereocenters. The van der Waals surface area contributed by atoms with Gasteiger partial charge in [0.25, 0.3) is 0 Å². The van der Waals surface area contributed by atoms with Gasteiger partial charge >= 0.3 is 0 Å². The number of hydrogen-bond acceptors (Lipinski definition) is 4. The first-order valence-electron chi connectivity index (χ1n) is 7.13. The minimum absolute atomic E-state index is 0.186. The fourth-order valence-electron chi connectivity index (χ4n) is 3.16. The monoisotopic (exact) mass is 254 g/mol. The summed E-state index contributed by atoms with van der Waals surface area (Å²) >= 11 is 0. The van der Waals surface area contributed by atoms with Crippen molar-refractivity contribution in [2.24, 2.45) is 5.73 Å². The minimum atomic E-state index is -0.242. The van der Waals surface area contributed by atoms with E-state index in [1.165, 1.54) is 32.4 Å². The third-order valence-electron chi connectivity index (χ3n) is 4.35. The average molecular weight is 254 g/mol. The Labute approximate surface area is 110 Å². The maximum Gasteiger partial charge on any atom is 0.234 e. The first-order valence-corrected chi connectivity index (χ1v) is 7.13. The van der Waals surface area contributed by atoms with Crippen LogP contribution >= 0.6 is 0 Å². The van der Waals surface area contributed by atoms with Crippen LogP contribution in [-0.4, -0.2) is 67.6 Å². The molecule has 0 spiro atoms. The van der Waals surface area contributed by atoms with Gasteiger partial charge in [0.2, 0.25) is 5.91 Å². The van der Waals surface area contributed by atoms with E-state index < -0.39 is 0 Å². The zero-order valence-electron chi connectivity index (χ0n) is 11.4. The second-order valence-electron chi connectivity index (χ2n) is 5.52. The van der Waals surface area contributed by atoms with Crippen molar-refractivity contribution in [3.8, 4) is 0 Å². The van der Waals surface area contributed by atoms with Crippen molar-refractivity contribution in [1.29, 1.82) is 0 Å². The zero-order chi connectivity index (χ0) is 13.0. The minimum Gasteiger partial charge on any atom is -0.368 e. The van der Waals surface area contributed by atoms with E-state index in [9.17, 15) is 4.79 Å². The van der Waals surface area contributed by atoms with Crippen molar-refractivity contribution in [3.63, 3.8) is 0 Å². The number of amides is 1. The number of nitrogens with one attached hydrogen (secondary N) is 1. The van der Waals surface area contributed by atoms with E-state index in [2.05, 4.69) is 15.1 Å². The van der Waals surface area contributed by atoms with Gasteiger partial charge in [0.15, 0.2) is 0 Å². The van der Waals surface area contributed by atoms with E-state index in [4.69, 9.17) is 5.73 Å². The zero-order valence-corrected chi connectivity index (χ0v) is 11.4. The highest BCUT2D eigenvalue weighted by molar-refractivity contribution is 5.79. The third-order valence-corrected chi connectivity index (χ3v) is 4.35. The molecule has 0 saturated carbocycles. The highest BCUT2D eigenvalue weighted by atomic mass is 16.1. The molecule has 5 heteroatoms. The Bertz CT molecular complexity index is 284. The lowest BCUT2D eigenvalue weighted by atomic mass is 9.99. The van der Waals surface area contributed by atoms with Gasteiger partial charge in [0.05, 0.1) is 6.04 Å². The average Bonchev–Trinajstić information content (AvgIpc) is 2.39. The van der Waals surface area contributed by atoms with Gasteiger partial charge < -0.3 is 16.0 Å². The Kier molecular flexibility index (Phi) is 4.97. The molecule has 2 rings (SSSR count). The van der Waals surface area contributed by atoms with Crippen LogP contribution < -0.4 is 11.1 Å². The molecule has 0 aromatic heterocycles. The van der Waals surface area contributed by atoms with Crippen LogP contribution in [0.15, 0.2) is 0 Å². The molecule has 2 atom stereocenters. The second kappa shape index (κ2) is 6.50. The summed E-state index contributed by atoms with van der Waals surface area (Å²) < 4.78 is 0. The molecule has 0 aliphatic carbocycles. The maximum absolute atomic E-state index is 11.2. The summed E-state index contributed by atoms with van der Waals surface area (Å²) in [7, 11) is 1.80. The van der Waals surface area contributed by atoms with E-state index in [1.54, 1.807) is 7.05 Å². The van der Waals surface area contributed by atoms with Crippen LogP contribution in [-0.2, 0) is 4.79 Å². The number of nitrogens with zero attached hydrogens (tertiary/aromatic N) is 2. The first-order chi connectivity index (χ1) is 8.70. The number of carbonyl (C=O) groups is 1. The molecule has 2 heterocycles. The van der Waals surface area contributed by atoms with Crippen LogP contribution in [0.2, 0.25) is 0 Å². The number of likely N-dealkylation sites (N-methyl/N-ethyl adjacent to an activating group) is 1. The predicted octanol–water partition coefficient (Wildman–Crippen LogP) is -0.380. The lowest BCUT2D eigenvalue weighted by molar-refractivity contribution is -0.120. The molecule has 1 amide bonds. The molecule has 3 N–H and O–H groups in total. The van der Waals surface area contributed by atoms with Crippen molar-refractivity contribution >= 4 is 5.91 Å². The van der Waals surface area contributed by atoms with E-state index in [0.717, 1.165) is 32.1 Å². The van der Waals surface area contributed by atoms with E-state index in [1.807, 2.05) is 0 Å². The van der Waals surface area contributed by atoms with Crippen molar-refractivity contribution < 1.29 is 4.79 Å². The summed E-state index contributed by atoms with van der Waals surface area (Å²) in [6.07, 6.45) is 4.88. The lowest BCUT2D eigenvalue weighted by Gasteiger charge is -2.44. The largest absolute Gasteiger partial charge is 0.368 e. The number of rotatable bonds is 5. The van der Waals surface area contributed by atoms with Gasteiger partial charge in [-0.2, -0.15) is 0 Å². The quantitative estimate of drug-likeness (QED) is 0.702. The highest BCUT2D eigenvalue weighted by Crippen LogP contribution is 2.21. The van der Waals surface area contributed by atoms with Crippen LogP contribution in [0, 0.1) is 0 Å². The highest BCUT2D eigenvalue weighted by Gasteiger charge is 2.29. The maximum atomic E-state index is 11.2. The van der Waals surface area contributed by atoms with Gasteiger partial charge in [0.1, 0.15) is 0 Å². The fourth-order valence-corrected chi connectivity index (χ4v) is 3.16. The molecular formula is C13H26N4O. The summed E-state index contributed by atoms with van der Waals surface area (Å²) in [6.45, 7) is 5.73. The number of piperazine rings is 1. The van der Waals surface area contributed by atoms with Crippen LogP contribution in [0.1, 0.15) is 25.7 Å². The molecule has 0 aromatic carbocycles. The van der Waals surface area contributed by atoms with Crippen molar-refractivity contribution in [3.05, 3.63) is 0 Å². The topological polar surface area (TPSA) is 61.6 Å². The van der Waals surface area contributed by atoms with Gasteiger partial charge in [-0.25, -0.2) is 0 Å². The second-order valence-corrected chi connectivity index (χ2v) is 5.52. The van der Waals surface area contributed by atoms with Gasteiger partial charge in [-0.1, -0.05) is 6.42 Å². The van der Waals surface area contributed by atoms with Crippen LogP contribution in [0.4, 0.5) is 0 Å². The number of hydrogen-bond donors (Lipinski definition) is 2. The third kappa shape index (κ3) is 3.43. The normalized spacial score (nSPS) is 27.7. The standard InChI is InChI=1S/C13H26N4O/c1-15-12(13(14)18)5-7-16-8-9-17-6-3-2-4-11(17)10-16/h11-12,15H,2-10H2,1H3,(H2,14,18). The number of fused-ring (bicyclic) bond motifs is 1. The molecule has 2 saturated heterocycles. The number of nitrogens with two attached hydrogens (primary N) is 1. The molecule has 2 aliphatic heterocycles. The Morgan fingerprint density at radius 1 is 1.39 bits per heavy atom. The molecule has 18 heavy (non-hydrogen) atoms. The van der Waals surface area contributed by atoms with Gasteiger partial charge in [-0.15, -0.1) is 0 Å². The molecule has 2 aliphatic rings. The molecule has 104 valence electrons. The summed E-state index contributed by atoms with van der Waals surface area (Å²) in [5.41, 5.74) is 5.34. The Hall–Kier alpha value is -0.650. The van der Waals surface area contributed by atoms with Crippen molar-refractivity contribution in [2.45, 2.75) is 37.8 Å². The van der Waals surface area contributed by atoms with E-state index >= 15 is 0 Å². The fraction of sp³-hybridized carbons (Fsp3) is 0.923. The SMILES string of the molecule is CNC(CCN1CCN2CCCCC2C1)C(N)=O. The van der Waals surface area contributed by atoms with Crippen LogP contribution in [0.3, 0.4) is 0 Å². The molecule has 0 radical (unpaired) electrons. The molecule has 0 aromatic rings. The van der Waals surface area contributed by atoms with Gasteiger partial charge in [0, 0.05) is 32.2 Å². The predicted molar refractivity (Wildman–Crippen MR) is 72.3 cm³/mol. The Morgan fingerprint density at radius 3 is 2.94 bits per heavy atom. The van der Waals surface area contributed by atoms with Crippen LogP contribution in [0.25, 0.3) is 0 Å². The summed E-state index contributed by atoms with van der Waals surface area (Å²) in [6, 6.07) is 0.559. The summed E-state index contributed by atoms with van der Waals surface area (Å²) in [4.78, 5) is 16.3. The Morgan fingerprint density at radius 2 is 2.22 bits per heavy atom. The van der Waals surface area contributed by atoms with E-state index in [0.29, 0.717) is 0 Å². The number of primary amides is 1. The van der Waals surface area contributed by atoms with Crippen LogP contribution in [0.5, 0.6) is 0 Å². The first kappa shape index (κ1) is 13.8. The molecule has 2 fully saturated rings. The van der Waals surface area contributed by atoms with Gasteiger partial charge in [-0.05, 0) is 32.9 Å². The summed E-state index contributed by atoms with van der Waals surface area (Å²) in [5, 5.41) is 2.99. The van der Waals surface area contributed by atoms with Crippen molar-refractivity contribution in [1.82, 2.24) is 15.1 Å². The van der Waals surface area contributed by atoms with Crippen molar-refractivity contribution in [2.75, 3.05) is 39.8 Å². The molecule has 0 bridgehead atoms.